The van der Waals surface area contributed by atoms with Gasteiger partial charge in [-0.3, -0.25) is 0 Å². The number of rotatable bonds is 6. The maximum Gasteiger partial charge on any atom is 0.167 e. The first-order valence-electron chi connectivity index (χ1n) is 6.46. The molecule has 0 aromatic heterocycles. The molecule has 0 saturated carbocycles. The number of para-hydroxylation sites is 1. The van der Waals surface area contributed by atoms with Crippen molar-refractivity contribution in [1.82, 2.24) is 5.48 Å². The van der Waals surface area contributed by atoms with Crippen molar-refractivity contribution in [3.63, 3.8) is 0 Å². The van der Waals surface area contributed by atoms with Crippen LogP contribution >= 0.6 is 0 Å². The number of nitrogens with one attached hydrogen (secondary N) is 1. The summed E-state index contributed by atoms with van der Waals surface area (Å²) in [5, 5.41) is 0. The Morgan fingerprint density at radius 2 is 1.63 bits per heavy atom. The van der Waals surface area contributed by atoms with Gasteiger partial charge in [-0.1, -0.05) is 61.3 Å². The van der Waals surface area contributed by atoms with Gasteiger partial charge in [0.15, 0.2) is 5.75 Å². The van der Waals surface area contributed by atoms with Crippen molar-refractivity contribution in [2.24, 2.45) is 0 Å². The number of hydrogen-bond donors (Lipinski definition) is 1. The van der Waals surface area contributed by atoms with Crippen LogP contribution in [0.3, 0.4) is 0 Å². The smallest absolute Gasteiger partial charge is 0.167 e. The molecule has 2 rings (SSSR count). The van der Waals surface area contributed by atoms with E-state index in [1.165, 1.54) is 5.56 Å². The molecule has 0 aliphatic rings. The molecule has 0 atom stereocenters. The van der Waals surface area contributed by atoms with Crippen LogP contribution in [0.15, 0.2) is 54.6 Å². The van der Waals surface area contributed by atoms with Gasteiger partial charge >= 0.3 is 0 Å². The topological polar surface area (TPSA) is 30.5 Å². The lowest BCUT2D eigenvalue weighted by Gasteiger charge is -2.08. The van der Waals surface area contributed by atoms with Crippen LogP contribution in [-0.2, 0) is 11.5 Å². The predicted octanol–water partition coefficient (Wildman–Crippen LogP) is 3.83. The Bertz CT molecular complexity index is 480. The largest absolute Gasteiger partial charge is 0.319 e. The molecule has 0 spiro atoms. The lowest BCUT2D eigenvalue weighted by Crippen LogP contribution is -2.16. The molecular formula is C16H19NO2. The first-order chi connectivity index (χ1) is 9.25. The second-order valence-electron chi connectivity index (χ2n) is 4.70. The summed E-state index contributed by atoms with van der Waals surface area (Å²) in [5.41, 5.74) is 5.27. The molecule has 100 valence electrons. The minimum atomic E-state index is 0.555. The van der Waals surface area contributed by atoms with E-state index in [4.69, 9.17) is 9.88 Å². The van der Waals surface area contributed by atoms with Crippen LogP contribution in [-0.4, -0.2) is 0 Å². The zero-order valence-corrected chi connectivity index (χ0v) is 11.3. The summed E-state index contributed by atoms with van der Waals surface area (Å²) in [5.74, 6) is 1.23. The lowest BCUT2D eigenvalue weighted by atomic mass is 10.0. The van der Waals surface area contributed by atoms with Crippen LogP contribution in [0.1, 0.15) is 30.9 Å². The van der Waals surface area contributed by atoms with E-state index in [2.05, 4.69) is 43.6 Å². The third-order valence-electron chi connectivity index (χ3n) is 2.86. The Hall–Kier alpha value is -1.84. The van der Waals surface area contributed by atoms with E-state index >= 15 is 0 Å². The molecule has 0 amide bonds. The Morgan fingerprint density at radius 3 is 2.26 bits per heavy atom. The molecule has 0 saturated heterocycles. The van der Waals surface area contributed by atoms with Crippen molar-refractivity contribution in [2.45, 2.75) is 26.3 Å². The first kappa shape index (κ1) is 13.6. The molecule has 0 aliphatic heterocycles. The highest BCUT2D eigenvalue weighted by Gasteiger charge is 1.99. The van der Waals surface area contributed by atoms with E-state index in [0.717, 1.165) is 5.56 Å². The van der Waals surface area contributed by atoms with Crippen LogP contribution in [0, 0.1) is 0 Å². The Morgan fingerprint density at radius 1 is 0.947 bits per heavy atom. The van der Waals surface area contributed by atoms with Gasteiger partial charge in [0, 0.05) is 6.54 Å². The van der Waals surface area contributed by atoms with Crippen LogP contribution in [0.5, 0.6) is 5.75 Å². The maximum atomic E-state index is 5.08. The van der Waals surface area contributed by atoms with E-state index in [0.29, 0.717) is 18.2 Å². The van der Waals surface area contributed by atoms with Crippen molar-refractivity contribution in [1.29, 1.82) is 0 Å². The van der Waals surface area contributed by atoms with Gasteiger partial charge in [-0.15, -0.1) is 0 Å². The van der Waals surface area contributed by atoms with Crippen molar-refractivity contribution < 1.29 is 9.88 Å². The van der Waals surface area contributed by atoms with E-state index in [1.807, 2.05) is 30.3 Å². The second kappa shape index (κ2) is 6.92. The van der Waals surface area contributed by atoms with Gasteiger partial charge in [0.05, 0.1) is 0 Å². The van der Waals surface area contributed by atoms with E-state index in [9.17, 15) is 0 Å². The Labute approximate surface area is 114 Å². The molecule has 0 aliphatic carbocycles. The number of hydroxylamine groups is 1. The number of benzene rings is 2. The van der Waals surface area contributed by atoms with E-state index < -0.39 is 0 Å². The average molecular weight is 257 g/mol. The van der Waals surface area contributed by atoms with E-state index in [-0.39, 0.29) is 0 Å². The van der Waals surface area contributed by atoms with Crippen LogP contribution < -0.4 is 10.4 Å². The standard InChI is InChI=1S/C16H19NO2/c1-13(2)15-10-8-14(9-11-15)12-17-19-18-16-6-4-3-5-7-16/h3-11,13,17H,12H2,1-2H3. The Kier molecular flexibility index (Phi) is 4.95. The summed E-state index contributed by atoms with van der Waals surface area (Å²) in [6, 6.07) is 17.8. The van der Waals surface area contributed by atoms with Crippen molar-refractivity contribution in [3.8, 4) is 5.75 Å². The molecule has 0 heterocycles. The zero-order chi connectivity index (χ0) is 13.5. The SMILES string of the molecule is CC(C)c1ccc(CNOOc2ccccc2)cc1. The van der Waals surface area contributed by atoms with Gasteiger partial charge < -0.3 is 4.89 Å². The average Bonchev–Trinajstić information content (AvgIpc) is 2.45. The summed E-state index contributed by atoms with van der Waals surface area (Å²) in [6.07, 6.45) is 0. The molecule has 1 N–H and O–H groups in total. The molecule has 2 aromatic carbocycles. The van der Waals surface area contributed by atoms with Gasteiger partial charge in [-0.05, 0) is 29.2 Å². The minimum absolute atomic E-state index is 0.555. The summed E-state index contributed by atoms with van der Waals surface area (Å²) < 4.78 is 0. The molecule has 0 fully saturated rings. The highest BCUT2D eigenvalue weighted by Crippen LogP contribution is 2.14. The zero-order valence-electron chi connectivity index (χ0n) is 11.3. The maximum absolute atomic E-state index is 5.08. The van der Waals surface area contributed by atoms with Gasteiger partial charge in [-0.2, -0.15) is 5.48 Å². The predicted molar refractivity (Wildman–Crippen MR) is 75.5 cm³/mol. The third kappa shape index (κ3) is 4.39. The molecule has 0 bridgehead atoms. The van der Waals surface area contributed by atoms with Crippen molar-refractivity contribution in [3.05, 3.63) is 65.7 Å². The van der Waals surface area contributed by atoms with Crippen LogP contribution in [0.2, 0.25) is 0 Å². The lowest BCUT2D eigenvalue weighted by molar-refractivity contribution is -0.260. The summed E-state index contributed by atoms with van der Waals surface area (Å²) >= 11 is 0. The molecular weight excluding hydrogens is 238 g/mol. The van der Waals surface area contributed by atoms with Crippen molar-refractivity contribution in [2.75, 3.05) is 0 Å². The van der Waals surface area contributed by atoms with E-state index in [1.54, 1.807) is 0 Å². The highest BCUT2D eigenvalue weighted by molar-refractivity contribution is 5.24. The summed E-state index contributed by atoms with van der Waals surface area (Å²) in [6.45, 7) is 4.97. The minimum Gasteiger partial charge on any atom is -0.319 e. The summed E-state index contributed by atoms with van der Waals surface area (Å²) in [4.78, 5) is 10.0. The fourth-order valence-corrected chi connectivity index (χ4v) is 1.69. The fraction of sp³-hybridized carbons (Fsp3) is 0.250. The number of hydrogen-bond acceptors (Lipinski definition) is 3. The van der Waals surface area contributed by atoms with Gasteiger partial charge in [-0.25, -0.2) is 0 Å². The third-order valence-corrected chi connectivity index (χ3v) is 2.86. The van der Waals surface area contributed by atoms with Gasteiger partial charge in [0.2, 0.25) is 0 Å². The van der Waals surface area contributed by atoms with Crippen LogP contribution in [0.25, 0.3) is 0 Å². The summed E-state index contributed by atoms with van der Waals surface area (Å²) in [7, 11) is 0. The normalized spacial score (nSPS) is 10.7. The van der Waals surface area contributed by atoms with Gasteiger partial charge in [0.25, 0.3) is 0 Å². The van der Waals surface area contributed by atoms with Gasteiger partial charge in [0.1, 0.15) is 0 Å². The molecule has 3 heteroatoms. The van der Waals surface area contributed by atoms with Crippen molar-refractivity contribution >= 4 is 0 Å². The molecule has 3 nitrogen and oxygen atoms in total. The quantitative estimate of drug-likeness (QED) is 0.485. The monoisotopic (exact) mass is 257 g/mol. The van der Waals surface area contributed by atoms with Crippen LogP contribution in [0.4, 0.5) is 0 Å². The fourth-order valence-electron chi connectivity index (χ4n) is 1.69. The second-order valence-corrected chi connectivity index (χ2v) is 4.70. The molecule has 19 heavy (non-hydrogen) atoms. The molecule has 0 radical (unpaired) electrons. The molecule has 2 aromatic rings. The highest BCUT2D eigenvalue weighted by atomic mass is 17.3. The molecule has 0 unspecified atom stereocenters. The first-order valence-corrected chi connectivity index (χ1v) is 6.46. The Balaban J connectivity index is 1.74.